The molecule has 4 heteroatoms. The van der Waals surface area contributed by atoms with Crippen LogP contribution in [0.1, 0.15) is 41.9 Å². The van der Waals surface area contributed by atoms with Crippen molar-refractivity contribution in [3.8, 4) is 0 Å². The molecule has 0 aliphatic carbocycles. The molecule has 0 heterocycles. The standard InChI is InChI=1S/C14H20N2O2/c1-9-5-3-6-10(2)13(9)11(14(16)18)7-4-8-12(15)17/h3,5-6,11H,4,7-8H2,1-2H3,(H2,15,17)(H2,16,18). The smallest absolute Gasteiger partial charge is 0.224 e. The van der Waals surface area contributed by atoms with E-state index in [9.17, 15) is 9.59 Å². The number of hydrogen-bond donors (Lipinski definition) is 2. The van der Waals surface area contributed by atoms with Crippen LogP contribution >= 0.6 is 0 Å². The summed E-state index contributed by atoms with van der Waals surface area (Å²) in [5.41, 5.74) is 13.7. The largest absolute Gasteiger partial charge is 0.370 e. The average Bonchev–Trinajstić information content (AvgIpc) is 2.25. The van der Waals surface area contributed by atoms with Gasteiger partial charge in [-0.25, -0.2) is 0 Å². The fourth-order valence-corrected chi connectivity index (χ4v) is 2.29. The van der Waals surface area contributed by atoms with Crippen LogP contribution in [0.3, 0.4) is 0 Å². The maximum atomic E-state index is 11.6. The van der Waals surface area contributed by atoms with Crippen molar-refractivity contribution in [2.24, 2.45) is 11.5 Å². The molecule has 1 atom stereocenters. The lowest BCUT2D eigenvalue weighted by atomic mass is 9.86. The van der Waals surface area contributed by atoms with E-state index in [-0.39, 0.29) is 24.2 Å². The molecule has 98 valence electrons. The molecule has 0 saturated heterocycles. The summed E-state index contributed by atoms with van der Waals surface area (Å²) in [4.78, 5) is 22.3. The van der Waals surface area contributed by atoms with Gasteiger partial charge in [-0.2, -0.15) is 0 Å². The number of hydrogen-bond acceptors (Lipinski definition) is 2. The lowest BCUT2D eigenvalue weighted by molar-refractivity contribution is -0.120. The van der Waals surface area contributed by atoms with Crippen LogP contribution in [-0.4, -0.2) is 11.8 Å². The fraction of sp³-hybridized carbons (Fsp3) is 0.429. The number of nitrogens with two attached hydrogens (primary N) is 2. The SMILES string of the molecule is Cc1cccc(C)c1C(CCCC(N)=O)C(N)=O. The number of amides is 2. The summed E-state index contributed by atoms with van der Waals surface area (Å²) in [6.45, 7) is 3.93. The zero-order valence-electron chi connectivity index (χ0n) is 10.9. The highest BCUT2D eigenvalue weighted by atomic mass is 16.1. The highest BCUT2D eigenvalue weighted by Gasteiger charge is 2.21. The Labute approximate surface area is 107 Å². The highest BCUT2D eigenvalue weighted by Crippen LogP contribution is 2.27. The number of benzene rings is 1. The van der Waals surface area contributed by atoms with Gasteiger partial charge < -0.3 is 11.5 Å². The van der Waals surface area contributed by atoms with Crippen molar-refractivity contribution >= 4 is 11.8 Å². The Morgan fingerprint density at radius 2 is 1.72 bits per heavy atom. The summed E-state index contributed by atoms with van der Waals surface area (Å²) in [7, 11) is 0. The minimum Gasteiger partial charge on any atom is -0.370 e. The van der Waals surface area contributed by atoms with E-state index in [0.29, 0.717) is 12.8 Å². The van der Waals surface area contributed by atoms with Crippen molar-refractivity contribution in [2.75, 3.05) is 0 Å². The molecule has 4 nitrogen and oxygen atoms in total. The van der Waals surface area contributed by atoms with E-state index in [1.807, 2.05) is 32.0 Å². The minimum atomic E-state index is -0.350. The van der Waals surface area contributed by atoms with Gasteiger partial charge in [0.2, 0.25) is 11.8 Å². The van der Waals surface area contributed by atoms with Gasteiger partial charge in [-0.05, 0) is 43.4 Å². The van der Waals surface area contributed by atoms with Gasteiger partial charge >= 0.3 is 0 Å². The predicted molar refractivity (Wildman–Crippen MR) is 70.9 cm³/mol. The molecule has 1 unspecified atom stereocenters. The summed E-state index contributed by atoms with van der Waals surface area (Å²) in [6, 6.07) is 5.88. The number of primary amides is 2. The minimum absolute atomic E-state index is 0.286. The molecular weight excluding hydrogens is 228 g/mol. The van der Waals surface area contributed by atoms with Gasteiger partial charge in [-0.3, -0.25) is 9.59 Å². The van der Waals surface area contributed by atoms with Gasteiger partial charge in [0.1, 0.15) is 0 Å². The topological polar surface area (TPSA) is 86.2 Å². The molecule has 0 aliphatic heterocycles. The van der Waals surface area contributed by atoms with Crippen LogP contribution in [0.5, 0.6) is 0 Å². The monoisotopic (exact) mass is 248 g/mol. The van der Waals surface area contributed by atoms with Gasteiger partial charge in [0.15, 0.2) is 0 Å². The normalized spacial score (nSPS) is 12.1. The summed E-state index contributed by atoms with van der Waals surface area (Å²) < 4.78 is 0. The van der Waals surface area contributed by atoms with Gasteiger partial charge in [-0.15, -0.1) is 0 Å². The second-order valence-corrected chi connectivity index (χ2v) is 4.62. The predicted octanol–water partition coefficient (Wildman–Crippen LogP) is 1.53. The first kappa shape index (κ1) is 14.2. The number of carbonyl (C=O) groups is 2. The molecule has 2 amide bonds. The first-order valence-electron chi connectivity index (χ1n) is 6.07. The third-order valence-electron chi connectivity index (χ3n) is 3.15. The highest BCUT2D eigenvalue weighted by molar-refractivity contribution is 5.83. The van der Waals surface area contributed by atoms with Crippen LogP contribution in [0.25, 0.3) is 0 Å². The Morgan fingerprint density at radius 3 is 2.17 bits per heavy atom. The number of rotatable bonds is 6. The summed E-state index contributed by atoms with van der Waals surface area (Å²) in [6.07, 6.45) is 1.43. The molecule has 18 heavy (non-hydrogen) atoms. The molecule has 0 fully saturated rings. The molecule has 0 radical (unpaired) electrons. The Balaban J connectivity index is 2.91. The maximum Gasteiger partial charge on any atom is 0.224 e. The van der Waals surface area contributed by atoms with Crippen LogP contribution in [0.15, 0.2) is 18.2 Å². The molecule has 0 bridgehead atoms. The zero-order valence-corrected chi connectivity index (χ0v) is 10.9. The molecule has 0 aromatic heterocycles. The second-order valence-electron chi connectivity index (χ2n) is 4.62. The van der Waals surface area contributed by atoms with Gasteiger partial charge in [0.05, 0.1) is 5.92 Å². The van der Waals surface area contributed by atoms with Crippen LogP contribution in [0, 0.1) is 13.8 Å². The lowest BCUT2D eigenvalue weighted by Gasteiger charge is -2.18. The van der Waals surface area contributed by atoms with Crippen molar-refractivity contribution in [3.05, 3.63) is 34.9 Å². The molecule has 0 aliphatic rings. The Hall–Kier alpha value is -1.84. The average molecular weight is 248 g/mol. The molecule has 0 saturated carbocycles. The Bertz CT molecular complexity index is 435. The lowest BCUT2D eigenvalue weighted by Crippen LogP contribution is -2.23. The van der Waals surface area contributed by atoms with Crippen LogP contribution in [-0.2, 0) is 9.59 Å². The van der Waals surface area contributed by atoms with Crippen molar-refractivity contribution in [2.45, 2.75) is 39.0 Å². The van der Waals surface area contributed by atoms with E-state index < -0.39 is 0 Å². The van der Waals surface area contributed by atoms with Crippen molar-refractivity contribution < 1.29 is 9.59 Å². The first-order valence-corrected chi connectivity index (χ1v) is 6.07. The van der Waals surface area contributed by atoms with Crippen molar-refractivity contribution in [1.29, 1.82) is 0 Å². The second kappa shape index (κ2) is 6.19. The summed E-state index contributed by atoms with van der Waals surface area (Å²) in [5.74, 6) is -1.04. The number of carbonyl (C=O) groups excluding carboxylic acids is 2. The third kappa shape index (κ3) is 3.58. The molecular formula is C14H20N2O2. The van der Waals surface area contributed by atoms with E-state index >= 15 is 0 Å². The van der Waals surface area contributed by atoms with Crippen molar-refractivity contribution in [3.63, 3.8) is 0 Å². The quantitative estimate of drug-likeness (QED) is 0.799. The van der Waals surface area contributed by atoms with Gasteiger partial charge in [0, 0.05) is 6.42 Å². The van der Waals surface area contributed by atoms with Gasteiger partial charge in [0.25, 0.3) is 0 Å². The van der Waals surface area contributed by atoms with E-state index in [2.05, 4.69) is 0 Å². The van der Waals surface area contributed by atoms with Gasteiger partial charge in [-0.1, -0.05) is 18.2 Å². The molecule has 0 spiro atoms. The number of aryl methyl sites for hydroxylation is 2. The van der Waals surface area contributed by atoms with E-state index in [1.54, 1.807) is 0 Å². The fourth-order valence-electron chi connectivity index (χ4n) is 2.29. The van der Waals surface area contributed by atoms with E-state index in [1.165, 1.54) is 0 Å². The van der Waals surface area contributed by atoms with E-state index in [0.717, 1.165) is 16.7 Å². The van der Waals surface area contributed by atoms with E-state index in [4.69, 9.17) is 11.5 Å². The van der Waals surface area contributed by atoms with Crippen LogP contribution in [0.4, 0.5) is 0 Å². The first-order chi connectivity index (χ1) is 8.43. The molecule has 1 rings (SSSR count). The third-order valence-corrected chi connectivity index (χ3v) is 3.15. The Morgan fingerprint density at radius 1 is 1.17 bits per heavy atom. The maximum absolute atomic E-state index is 11.6. The summed E-state index contributed by atoms with van der Waals surface area (Å²) in [5, 5.41) is 0. The molecule has 1 aromatic rings. The van der Waals surface area contributed by atoms with Crippen molar-refractivity contribution in [1.82, 2.24) is 0 Å². The summed E-state index contributed by atoms with van der Waals surface area (Å²) >= 11 is 0. The molecule has 4 N–H and O–H groups in total. The van der Waals surface area contributed by atoms with Crippen LogP contribution < -0.4 is 11.5 Å². The molecule has 1 aromatic carbocycles. The Kier molecular flexibility index (Phi) is 4.89. The van der Waals surface area contributed by atoms with Crippen LogP contribution in [0.2, 0.25) is 0 Å². The zero-order chi connectivity index (χ0) is 13.7.